The number of anilines is 7. The zero-order valence-corrected chi connectivity index (χ0v) is 56.4. The predicted octanol–water partition coefficient (Wildman–Crippen LogP) is 17.4. The minimum atomic E-state index is -0.511. The fourth-order valence-electron chi connectivity index (χ4n) is 11.4. The monoisotopic (exact) mass is 1350 g/mol. The molecule has 12 rings (SSSR count). The van der Waals surface area contributed by atoms with Gasteiger partial charge < -0.3 is 35.6 Å². The van der Waals surface area contributed by atoms with Gasteiger partial charge in [0, 0.05) is 142 Å². The number of aromatic nitrogens is 6. The number of nitrogens with zero attached hydrogens (tertiary/aromatic N) is 13. The Balaban J connectivity index is 0.000000226. The lowest BCUT2D eigenvalue weighted by molar-refractivity contribution is 0.148. The minimum absolute atomic E-state index is 0. The number of likely N-dealkylation sites (N-methyl/N-ethyl adjacent to an activating group) is 2. The summed E-state index contributed by atoms with van der Waals surface area (Å²) in [6, 6.07) is 48.7. The van der Waals surface area contributed by atoms with Gasteiger partial charge in [0.1, 0.15) is 5.82 Å². The largest absolute Gasteiger partial charge is 0.372 e. The third-order valence-electron chi connectivity index (χ3n) is 17.6. The van der Waals surface area contributed by atoms with E-state index in [4.69, 9.17) is 33.2 Å². The van der Waals surface area contributed by atoms with Gasteiger partial charge in [-0.3, -0.25) is 9.80 Å². The topological polar surface area (TPSA) is 157 Å². The van der Waals surface area contributed by atoms with Gasteiger partial charge in [0.15, 0.2) is 0 Å². The van der Waals surface area contributed by atoms with Crippen molar-refractivity contribution in [3.05, 3.63) is 207 Å². The molecule has 0 spiro atoms. The van der Waals surface area contributed by atoms with E-state index in [9.17, 15) is 9.65 Å². The normalized spacial score (nSPS) is 14.6. The highest BCUT2D eigenvalue weighted by Gasteiger charge is 2.23. The van der Waals surface area contributed by atoms with E-state index in [0.29, 0.717) is 28.9 Å². The second kappa shape index (κ2) is 36.2. The van der Waals surface area contributed by atoms with Crippen LogP contribution in [0.4, 0.5) is 45.0 Å². The second-order valence-electron chi connectivity index (χ2n) is 25.2. The highest BCUT2D eigenvalue weighted by atomic mass is 35.5. The molecule has 0 amide bonds. The van der Waals surface area contributed by atoms with Crippen molar-refractivity contribution in [3.8, 4) is 39.8 Å². The SMILES string of the molecule is C.C.C.C.Cc1cnc(Nc2ccc(CN3CCN(C)CC3)cc2)nc1-c1ccc(C(C)(C)C#N)cc1.Cc1cnc(Nc2ccc(CN3CCN(C)CC3)cc2)nc1-c1cccc(Cl)c1.Cc1cnc(Nc2ccc(N(C)C3CCN(C)CC3)cc2)nc1-c1ccc(F)c(Cl)c1. The molecule has 9 aromatic rings. The van der Waals surface area contributed by atoms with Crippen molar-refractivity contribution < 1.29 is 4.39 Å². The van der Waals surface area contributed by atoms with Crippen molar-refractivity contribution >= 4 is 63.8 Å². The quantitative estimate of drug-likeness (QED) is 0.0839. The summed E-state index contributed by atoms with van der Waals surface area (Å²) in [5, 5.41) is 20.1. The molecule has 3 saturated heterocycles. The first-order valence-electron chi connectivity index (χ1n) is 31.9. The molecule has 3 aromatic heterocycles. The van der Waals surface area contributed by atoms with Gasteiger partial charge in [-0.2, -0.15) is 5.26 Å². The minimum Gasteiger partial charge on any atom is -0.372 e. The maximum atomic E-state index is 13.5. The van der Waals surface area contributed by atoms with E-state index in [1.54, 1.807) is 18.3 Å². The molecule has 3 aliphatic rings. The van der Waals surface area contributed by atoms with E-state index < -0.39 is 11.2 Å². The van der Waals surface area contributed by atoms with Crippen molar-refractivity contribution in [2.75, 3.05) is 114 Å². The molecule has 3 N–H and O–H groups in total. The number of nitriles is 1. The Morgan fingerprint density at radius 1 is 0.515 bits per heavy atom. The van der Waals surface area contributed by atoms with Crippen LogP contribution < -0.4 is 20.9 Å². The van der Waals surface area contributed by atoms with Crippen LogP contribution in [0, 0.1) is 37.9 Å². The lowest BCUT2D eigenvalue weighted by atomic mass is 9.86. The number of benzene rings is 6. The first-order valence-corrected chi connectivity index (χ1v) is 32.6. The van der Waals surface area contributed by atoms with Crippen LogP contribution >= 0.6 is 23.2 Å². The Morgan fingerprint density at radius 3 is 1.32 bits per heavy atom. The Kier molecular flexibility index (Phi) is 29.0. The van der Waals surface area contributed by atoms with Gasteiger partial charge in [0.25, 0.3) is 0 Å². The standard InChI is InChI=1S/C27H32N6.C24H27ClFN5.C23H26ClN5.4CH4/c1-20-17-29-26(31-25(20)22-7-9-23(10-8-22)27(2,3)19-28)30-24-11-5-21(6-12-24)18-33-15-13-32(4)14-16-33;1-16-15-27-24(29-23(16)17-4-9-22(26)21(25)14-17)28-18-5-7-19(8-6-18)31(3)20-10-12-30(2)13-11-20;1-17-15-25-23(27-22(17)19-4-3-5-20(24)14-19)26-21-8-6-18(7-9-21)16-29-12-10-28(2)11-13-29;;;;/h5-12,17H,13-16,18H2,1-4H3,(H,29,30,31);4-9,14-15,20H,10-13H2,1-3H3,(H,27,28,29);3-9,14-15H,10-13,16H2,1-2H3,(H,25,26,27);4*1H4. The van der Waals surface area contributed by atoms with Crippen LogP contribution in [0.3, 0.4) is 0 Å². The summed E-state index contributed by atoms with van der Waals surface area (Å²) in [6.07, 6.45) is 7.80. The van der Waals surface area contributed by atoms with E-state index >= 15 is 0 Å². The van der Waals surface area contributed by atoms with Gasteiger partial charge >= 0.3 is 0 Å². The highest BCUT2D eigenvalue weighted by molar-refractivity contribution is 6.31. The van der Waals surface area contributed by atoms with Crippen molar-refractivity contribution in [1.29, 1.82) is 5.26 Å². The number of piperazine rings is 2. The maximum absolute atomic E-state index is 13.5. The fraction of sp³-hybridized carbons (Fsp3) is 0.372. The number of rotatable bonds is 16. The summed E-state index contributed by atoms with van der Waals surface area (Å²) < 4.78 is 13.5. The van der Waals surface area contributed by atoms with Crippen molar-refractivity contribution in [2.24, 2.45) is 0 Å². The zero-order valence-electron chi connectivity index (χ0n) is 54.9. The summed E-state index contributed by atoms with van der Waals surface area (Å²) in [4.78, 5) is 41.9. The van der Waals surface area contributed by atoms with Gasteiger partial charge in [0.2, 0.25) is 17.8 Å². The van der Waals surface area contributed by atoms with Crippen LogP contribution in [-0.2, 0) is 18.5 Å². The molecule has 97 heavy (non-hydrogen) atoms. The molecular formula is C78H101Cl2FN16. The van der Waals surface area contributed by atoms with E-state index in [-0.39, 0.29) is 34.7 Å². The molecule has 6 heterocycles. The molecule has 6 aromatic carbocycles. The summed E-state index contributed by atoms with van der Waals surface area (Å²) in [5.74, 6) is 1.19. The smallest absolute Gasteiger partial charge is 0.227 e. The van der Waals surface area contributed by atoms with E-state index in [2.05, 4.69) is 160 Å². The number of halogens is 3. The van der Waals surface area contributed by atoms with Crippen LogP contribution in [-0.4, -0.2) is 154 Å². The Labute approximate surface area is 588 Å². The van der Waals surface area contributed by atoms with Gasteiger partial charge in [-0.1, -0.05) is 114 Å². The Morgan fingerprint density at radius 2 is 0.907 bits per heavy atom. The number of nitrogens with one attached hydrogen (secondary N) is 3. The van der Waals surface area contributed by atoms with Crippen LogP contribution in [0.15, 0.2) is 158 Å². The molecule has 0 radical (unpaired) electrons. The van der Waals surface area contributed by atoms with E-state index in [1.165, 1.54) is 35.7 Å². The first-order chi connectivity index (χ1) is 44.8. The molecule has 0 atom stereocenters. The maximum Gasteiger partial charge on any atom is 0.227 e. The van der Waals surface area contributed by atoms with Gasteiger partial charge in [0.05, 0.1) is 33.6 Å². The van der Waals surface area contributed by atoms with E-state index in [0.717, 1.165) is 152 Å². The zero-order chi connectivity index (χ0) is 65.6. The molecule has 3 fully saturated rings. The Hall–Kier alpha value is -8.44. The van der Waals surface area contributed by atoms with Gasteiger partial charge in [-0.25, -0.2) is 34.3 Å². The number of aryl methyl sites for hydroxylation is 3. The first kappa shape index (κ1) is 77.6. The average Bonchev–Trinajstić information content (AvgIpc) is 0.874. The lowest BCUT2D eigenvalue weighted by Crippen LogP contribution is -2.43. The van der Waals surface area contributed by atoms with Crippen LogP contribution in [0.1, 0.15) is 89.8 Å². The summed E-state index contributed by atoms with van der Waals surface area (Å²) in [5.41, 5.74) is 15.4. The van der Waals surface area contributed by atoms with E-state index in [1.807, 2.05) is 108 Å². The summed E-state index contributed by atoms with van der Waals surface area (Å²) >= 11 is 12.1. The number of likely N-dealkylation sites (tertiary alicyclic amines) is 1. The van der Waals surface area contributed by atoms with Gasteiger partial charge in [-0.05, 0) is 194 Å². The molecular weight excluding hydrogens is 1250 g/mol. The third kappa shape index (κ3) is 21.5. The lowest BCUT2D eigenvalue weighted by Gasteiger charge is -2.36. The molecule has 0 unspecified atom stereocenters. The third-order valence-corrected chi connectivity index (χ3v) is 18.1. The number of hydrogen-bond acceptors (Lipinski definition) is 16. The van der Waals surface area contributed by atoms with Crippen LogP contribution in [0.5, 0.6) is 0 Å². The van der Waals surface area contributed by atoms with Crippen molar-refractivity contribution in [1.82, 2.24) is 54.4 Å². The predicted molar refractivity (Wildman–Crippen MR) is 406 cm³/mol. The number of hydrogen-bond donors (Lipinski definition) is 3. The van der Waals surface area contributed by atoms with Gasteiger partial charge in [-0.15, -0.1) is 0 Å². The van der Waals surface area contributed by atoms with Crippen LogP contribution in [0.25, 0.3) is 33.8 Å². The Bertz CT molecular complexity index is 3950. The number of piperidine rings is 1. The molecule has 3 aliphatic heterocycles. The summed E-state index contributed by atoms with van der Waals surface area (Å²) in [6.45, 7) is 23.1. The molecule has 16 nitrogen and oxygen atoms in total. The molecule has 514 valence electrons. The molecule has 0 bridgehead atoms. The van der Waals surface area contributed by atoms with Crippen molar-refractivity contribution in [3.63, 3.8) is 0 Å². The molecule has 0 saturated carbocycles. The second-order valence-corrected chi connectivity index (χ2v) is 26.1. The molecule has 0 aliphatic carbocycles. The van der Waals surface area contributed by atoms with Crippen LogP contribution in [0.2, 0.25) is 10.0 Å². The fourth-order valence-corrected chi connectivity index (χ4v) is 11.8. The average molecular weight is 1350 g/mol. The summed E-state index contributed by atoms with van der Waals surface area (Å²) in [7, 11) is 8.71. The highest BCUT2D eigenvalue weighted by Crippen LogP contribution is 2.32. The molecule has 19 heteroatoms. The van der Waals surface area contributed by atoms with Crippen molar-refractivity contribution in [2.45, 2.75) is 102 Å².